The molecule has 0 atom stereocenters. The van der Waals surface area contributed by atoms with Gasteiger partial charge in [-0.2, -0.15) is 5.10 Å². The van der Waals surface area contributed by atoms with Crippen LogP contribution in [-0.2, 0) is 4.74 Å². The average molecular weight is 427 g/mol. The molecule has 0 spiro atoms. The molecule has 1 aliphatic heterocycles. The highest BCUT2D eigenvalue weighted by Crippen LogP contribution is 2.46. The number of hydrogen-bond acceptors (Lipinski definition) is 5. The lowest BCUT2D eigenvalue weighted by Crippen LogP contribution is -2.50. The summed E-state index contributed by atoms with van der Waals surface area (Å²) in [7, 11) is 0. The zero-order chi connectivity index (χ0) is 21.8. The number of benzene rings is 1. The SMILES string of the molecule is CC(C)(C)OC(=O)N1CCN(c2ccc3c(C4CC4)nn([C@H]4C[C@H](CO)C4)c3c2)CC1. The summed E-state index contributed by atoms with van der Waals surface area (Å²) in [5.74, 6) is 1.03. The second-order valence-electron chi connectivity index (χ2n) is 10.4. The Morgan fingerprint density at radius 2 is 1.87 bits per heavy atom. The molecule has 1 amide bonds. The van der Waals surface area contributed by atoms with Crippen LogP contribution in [0.15, 0.2) is 18.2 Å². The van der Waals surface area contributed by atoms with Gasteiger partial charge in [-0.3, -0.25) is 4.68 Å². The number of anilines is 1. The summed E-state index contributed by atoms with van der Waals surface area (Å²) < 4.78 is 7.76. The Labute approximate surface area is 183 Å². The quantitative estimate of drug-likeness (QED) is 0.803. The molecular weight excluding hydrogens is 392 g/mol. The Hall–Kier alpha value is -2.28. The third-order valence-corrected chi connectivity index (χ3v) is 6.80. The molecule has 1 N–H and O–H groups in total. The fourth-order valence-corrected chi connectivity index (χ4v) is 4.81. The monoisotopic (exact) mass is 426 g/mol. The molecule has 2 heterocycles. The topological polar surface area (TPSA) is 70.8 Å². The standard InChI is InChI=1S/C24H34N4O3/c1-24(2,3)31-23(30)27-10-8-26(9-11-27)18-6-7-20-21(14-18)28(19-12-16(13-19)15-29)25-22(20)17-4-5-17/h6-7,14,16-17,19,29H,4-5,8-13,15H2,1-3H3/t16-,19-. The van der Waals surface area contributed by atoms with E-state index in [1.807, 2.05) is 20.8 Å². The predicted molar refractivity (Wildman–Crippen MR) is 121 cm³/mol. The van der Waals surface area contributed by atoms with Crippen molar-refractivity contribution in [1.29, 1.82) is 0 Å². The second-order valence-corrected chi connectivity index (χ2v) is 10.4. The zero-order valence-electron chi connectivity index (χ0n) is 18.9. The molecule has 3 fully saturated rings. The first-order valence-electron chi connectivity index (χ1n) is 11.7. The maximum absolute atomic E-state index is 12.4. The van der Waals surface area contributed by atoms with Crippen molar-refractivity contribution in [3.05, 3.63) is 23.9 Å². The van der Waals surface area contributed by atoms with Gasteiger partial charge >= 0.3 is 6.09 Å². The molecule has 1 saturated heterocycles. The predicted octanol–water partition coefficient (Wildman–Crippen LogP) is 3.91. The number of carbonyl (C=O) groups is 1. The third-order valence-electron chi connectivity index (χ3n) is 6.80. The second kappa shape index (κ2) is 7.69. The number of fused-ring (bicyclic) bond motifs is 1. The smallest absolute Gasteiger partial charge is 0.410 e. The van der Waals surface area contributed by atoms with E-state index >= 15 is 0 Å². The lowest BCUT2D eigenvalue weighted by molar-refractivity contribution is 0.0240. The number of amides is 1. The molecule has 1 aromatic carbocycles. The average Bonchev–Trinajstić information content (AvgIpc) is 3.48. The van der Waals surface area contributed by atoms with E-state index in [1.54, 1.807) is 4.90 Å². The molecule has 31 heavy (non-hydrogen) atoms. The highest BCUT2D eigenvalue weighted by Gasteiger charge is 2.35. The summed E-state index contributed by atoms with van der Waals surface area (Å²) in [5, 5.41) is 15.8. The zero-order valence-corrected chi connectivity index (χ0v) is 18.9. The van der Waals surface area contributed by atoms with Gasteiger partial charge in [-0.1, -0.05) is 0 Å². The Kier molecular flexibility index (Phi) is 5.12. The first-order valence-corrected chi connectivity index (χ1v) is 11.7. The number of aliphatic hydroxyl groups is 1. The normalized spacial score (nSPS) is 24.4. The van der Waals surface area contributed by atoms with Gasteiger partial charge in [-0.05, 0) is 70.6 Å². The van der Waals surface area contributed by atoms with Crippen molar-refractivity contribution < 1.29 is 14.6 Å². The number of nitrogens with zero attached hydrogens (tertiary/aromatic N) is 4. The van der Waals surface area contributed by atoms with Crippen molar-refractivity contribution in [3.63, 3.8) is 0 Å². The number of ether oxygens (including phenoxy) is 1. The molecular formula is C24H34N4O3. The van der Waals surface area contributed by atoms with E-state index in [1.165, 1.54) is 35.1 Å². The number of hydrogen-bond donors (Lipinski definition) is 1. The van der Waals surface area contributed by atoms with E-state index in [9.17, 15) is 9.90 Å². The number of carbonyl (C=O) groups excluding carboxylic acids is 1. The van der Waals surface area contributed by atoms with Crippen molar-refractivity contribution in [3.8, 4) is 0 Å². The number of piperazine rings is 1. The van der Waals surface area contributed by atoms with Crippen LogP contribution in [0.5, 0.6) is 0 Å². The van der Waals surface area contributed by atoms with Crippen LogP contribution < -0.4 is 4.90 Å². The molecule has 7 heteroatoms. The molecule has 0 bridgehead atoms. The highest BCUT2D eigenvalue weighted by molar-refractivity contribution is 5.86. The van der Waals surface area contributed by atoms with E-state index < -0.39 is 5.60 Å². The van der Waals surface area contributed by atoms with Crippen molar-refractivity contribution in [1.82, 2.24) is 14.7 Å². The Bertz CT molecular complexity index is 961. The van der Waals surface area contributed by atoms with Gasteiger partial charge in [-0.15, -0.1) is 0 Å². The summed E-state index contributed by atoms with van der Waals surface area (Å²) in [4.78, 5) is 16.5. The molecule has 168 valence electrons. The van der Waals surface area contributed by atoms with Gasteiger partial charge in [-0.25, -0.2) is 4.79 Å². The largest absolute Gasteiger partial charge is 0.444 e. The van der Waals surface area contributed by atoms with E-state index in [4.69, 9.17) is 9.84 Å². The lowest BCUT2D eigenvalue weighted by Gasteiger charge is -2.37. The van der Waals surface area contributed by atoms with Crippen molar-refractivity contribution >= 4 is 22.7 Å². The number of rotatable bonds is 4. The third kappa shape index (κ3) is 4.12. The van der Waals surface area contributed by atoms with Crippen LogP contribution in [0.25, 0.3) is 10.9 Å². The lowest BCUT2D eigenvalue weighted by atomic mass is 9.81. The summed E-state index contributed by atoms with van der Waals surface area (Å²) in [5.41, 5.74) is 3.20. The van der Waals surface area contributed by atoms with Crippen LogP contribution in [0.2, 0.25) is 0 Å². The molecule has 0 radical (unpaired) electrons. The summed E-state index contributed by atoms with van der Waals surface area (Å²) >= 11 is 0. The summed E-state index contributed by atoms with van der Waals surface area (Å²) in [6.45, 7) is 8.91. The van der Waals surface area contributed by atoms with Gasteiger partial charge in [0, 0.05) is 49.8 Å². The van der Waals surface area contributed by atoms with Crippen LogP contribution in [0.4, 0.5) is 10.5 Å². The van der Waals surface area contributed by atoms with Crippen molar-refractivity contribution in [2.45, 2.75) is 64.0 Å². The van der Waals surface area contributed by atoms with E-state index in [0.29, 0.717) is 31.0 Å². The molecule has 3 aliphatic rings. The fourth-order valence-electron chi connectivity index (χ4n) is 4.81. The van der Waals surface area contributed by atoms with Gasteiger partial charge in [0.05, 0.1) is 17.3 Å². The maximum Gasteiger partial charge on any atom is 0.410 e. The van der Waals surface area contributed by atoms with Crippen molar-refractivity contribution in [2.24, 2.45) is 5.92 Å². The molecule has 1 aromatic heterocycles. The minimum Gasteiger partial charge on any atom is -0.444 e. The first-order chi connectivity index (χ1) is 14.8. The van der Waals surface area contributed by atoms with E-state index in [0.717, 1.165) is 25.9 Å². The maximum atomic E-state index is 12.4. The molecule has 2 saturated carbocycles. The van der Waals surface area contributed by atoms with Crippen LogP contribution in [0.3, 0.4) is 0 Å². The van der Waals surface area contributed by atoms with Gasteiger partial charge in [0.15, 0.2) is 0 Å². The fraction of sp³-hybridized carbons (Fsp3) is 0.667. The van der Waals surface area contributed by atoms with Gasteiger partial charge in [0.25, 0.3) is 0 Å². The number of aromatic nitrogens is 2. The van der Waals surface area contributed by atoms with Gasteiger partial charge in [0.2, 0.25) is 0 Å². The van der Waals surface area contributed by atoms with E-state index in [2.05, 4.69) is 27.8 Å². The van der Waals surface area contributed by atoms with Crippen LogP contribution in [0, 0.1) is 5.92 Å². The molecule has 7 nitrogen and oxygen atoms in total. The number of aliphatic hydroxyl groups excluding tert-OH is 1. The minimum absolute atomic E-state index is 0.224. The van der Waals surface area contributed by atoms with Crippen molar-refractivity contribution in [2.75, 3.05) is 37.7 Å². The summed E-state index contributed by atoms with van der Waals surface area (Å²) in [6, 6.07) is 7.13. The summed E-state index contributed by atoms with van der Waals surface area (Å²) in [6.07, 6.45) is 4.28. The van der Waals surface area contributed by atoms with Crippen LogP contribution >= 0.6 is 0 Å². The van der Waals surface area contributed by atoms with E-state index in [-0.39, 0.29) is 12.7 Å². The molecule has 2 aromatic rings. The van der Waals surface area contributed by atoms with Crippen LogP contribution in [-0.4, -0.2) is 64.3 Å². The molecule has 2 aliphatic carbocycles. The first kappa shape index (κ1) is 20.6. The Morgan fingerprint density at radius 3 is 2.48 bits per heavy atom. The Morgan fingerprint density at radius 1 is 1.16 bits per heavy atom. The van der Waals surface area contributed by atoms with Gasteiger partial charge in [0.1, 0.15) is 5.60 Å². The molecule has 5 rings (SSSR count). The highest BCUT2D eigenvalue weighted by atomic mass is 16.6. The molecule has 0 unspecified atom stereocenters. The Balaban J connectivity index is 1.34. The van der Waals surface area contributed by atoms with Crippen LogP contribution in [0.1, 0.15) is 64.1 Å². The van der Waals surface area contributed by atoms with Gasteiger partial charge < -0.3 is 19.6 Å². The minimum atomic E-state index is -0.465.